The van der Waals surface area contributed by atoms with E-state index < -0.39 is 10.1 Å². The van der Waals surface area contributed by atoms with Crippen molar-refractivity contribution in [1.82, 2.24) is 0 Å². The van der Waals surface area contributed by atoms with E-state index in [-0.39, 0.29) is 51.7 Å². The predicted octanol–water partition coefficient (Wildman–Crippen LogP) is 0.926. The van der Waals surface area contributed by atoms with Crippen molar-refractivity contribution in [1.29, 1.82) is 0 Å². The van der Waals surface area contributed by atoms with Gasteiger partial charge in [-0.1, -0.05) is 44.4 Å². The first-order valence-electron chi connectivity index (χ1n) is 7.95. The zero-order valence-corrected chi connectivity index (χ0v) is 17.4. The molecule has 5 nitrogen and oxygen atoms in total. The summed E-state index contributed by atoms with van der Waals surface area (Å²) in [6.45, 7) is 2.14. The summed E-state index contributed by atoms with van der Waals surface area (Å²) in [6, 6.07) is 10.4. The molecule has 1 N–H and O–H groups in total. The van der Waals surface area contributed by atoms with Crippen LogP contribution in [-0.2, 0) is 16.5 Å². The number of aryl methyl sites for hydroxylation is 1. The van der Waals surface area contributed by atoms with E-state index in [4.69, 9.17) is 4.74 Å². The first kappa shape index (κ1) is 22.0. The molecule has 0 radical (unpaired) electrons. The first-order valence-corrected chi connectivity index (χ1v) is 9.39. The summed E-state index contributed by atoms with van der Waals surface area (Å²) >= 11 is 0. The van der Waals surface area contributed by atoms with Crippen LogP contribution in [0.25, 0.3) is 0 Å². The Bertz CT molecular complexity index is 790. The van der Waals surface area contributed by atoms with Gasteiger partial charge in [-0.2, -0.15) is 8.42 Å². The van der Waals surface area contributed by atoms with Gasteiger partial charge in [0.1, 0.15) is 16.4 Å². The molecule has 130 valence electrons. The molecule has 0 aliphatic carbocycles. The number of hydrogen-bond donors (Lipinski definition) is 1. The topological polar surface area (TPSA) is 86.7 Å². The summed E-state index contributed by atoms with van der Waals surface area (Å²) in [4.78, 5) is -0.328. The van der Waals surface area contributed by atoms with Gasteiger partial charge in [-0.05, 0) is 42.7 Å². The fourth-order valence-electron chi connectivity index (χ4n) is 2.46. The normalized spacial score (nSPS) is 11.0. The van der Waals surface area contributed by atoms with Crippen LogP contribution in [0.1, 0.15) is 38.2 Å². The minimum atomic E-state index is -4.40. The number of unbranched alkanes of at least 4 members (excludes halogenated alkanes) is 3. The third-order valence-corrected chi connectivity index (χ3v) is 4.51. The standard InChI is InChI=1S/C18H22O5S.Na/c1-2-3-4-5-8-14-11-15(19)13-16(12-14)23-17-9-6-7-10-18(17)24(20,21)22;/h6-7,9-13,19H,2-5,8H2,1H3,(H,20,21,22);/q;+1/p-1. The van der Waals surface area contributed by atoms with Crippen molar-refractivity contribution in [2.75, 3.05) is 0 Å². The van der Waals surface area contributed by atoms with Crippen molar-refractivity contribution in [3.8, 4) is 17.2 Å². The van der Waals surface area contributed by atoms with E-state index in [1.165, 1.54) is 24.3 Å². The largest absolute Gasteiger partial charge is 1.00 e. The van der Waals surface area contributed by atoms with E-state index in [9.17, 15) is 18.1 Å². The van der Waals surface area contributed by atoms with Crippen LogP contribution in [-0.4, -0.2) is 13.0 Å². The van der Waals surface area contributed by atoms with Crippen molar-refractivity contribution >= 4 is 10.1 Å². The Morgan fingerprint density at radius 3 is 2.48 bits per heavy atom. The second-order valence-electron chi connectivity index (χ2n) is 5.65. The molecular weight excluding hydrogens is 351 g/mol. The summed E-state index contributed by atoms with van der Waals surface area (Å²) in [5.74, 6) is 0.0638. The van der Waals surface area contributed by atoms with Crippen LogP contribution in [0, 0.1) is 0 Å². The summed E-state index contributed by atoms with van der Waals surface area (Å²) in [5, 5.41) is 11.8. The molecule has 0 saturated carbocycles. The smallest absolute Gasteiger partial charge is 0.872 e. The summed E-state index contributed by atoms with van der Waals surface area (Å²) < 4.78 is 37.6. The summed E-state index contributed by atoms with van der Waals surface area (Å²) in [5.41, 5.74) is 0.859. The molecule has 0 amide bonds. The third-order valence-electron chi connectivity index (χ3n) is 3.61. The molecule has 0 fully saturated rings. The molecule has 0 aromatic heterocycles. The van der Waals surface area contributed by atoms with Gasteiger partial charge >= 0.3 is 29.6 Å². The predicted molar refractivity (Wildman–Crippen MR) is 90.1 cm³/mol. The molecule has 0 atom stereocenters. The van der Waals surface area contributed by atoms with E-state index in [0.29, 0.717) is 0 Å². The monoisotopic (exact) mass is 372 g/mol. The fourth-order valence-corrected chi connectivity index (χ4v) is 3.08. The maximum absolute atomic E-state index is 11.8. The van der Waals surface area contributed by atoms with Gasteiger partial charge in [0.05, 0.1) is 0 Å². The third kappa shape index (κ3) is 6.99. The second kappa shape index (κ2) is 10.2. The van der Waals surface area contributed by atoms with E-state index in [0.717, 1.165) is 37.7 Å². The Balaban J connectivity index is 0.00000312. The second-order valence-corrected chi connectivity index (χ2v) is 7.04. The van der Waals surface area contributed by atoms with E-state index in [1.807, 2.05) is 0 Å². The van der Waals surface area contributed by atoms with Crippen molar-refractivity contribution in [2.45, 2.75) is 43.9 Å². The molecule has 2 aromatic rings. The Labute approximate surface area is 171 Å². The Hall–Kier alpha value is -1.05. The molecule has 25 heavy (non-hydrogen) atoms. The molecule has 0 bridgehead atoms. The molecule has 0 spiro atoms. The number of rotatable bonds is 8. The maximum Gasteiger partial charge on any atom is 1.00 e. The Morgan fingerprint density at radius 2 is 1.80 bits per heavy atom. The zero-order valence-electron chi connectivity index (χ0n) is 14.6. The van der Waals surface area contributed by atoms with Crippen LogP contribution in [0.5, 0.6) is 17.2 Å². The van der Waals surface area contributed by atoms with E-state index in [1.54, 1.807) is 18.2 Å². The molecule has 0 aliphatic heterocycles. The molecule has 7 heteroatoms. The first-order chi connectivity index (χ1) is 11.4. The van der Waals surface area contributed by atoms with Gasteiger partial charge in [0, 0.05) is 0 Å². The maximum atomic E-state index is 11.8. The van der Waals surface area contributed by atoms with E-state index >= 15 is 0 Å². The quantitative estimate of drug-likeness (QED) is 0.423. The van der Waals surface area contributed by atoms with Crippen molar-refractivity contribution in [3.63, 3.8) is 0 Å². The van der Waals surface area contributed by atoms with Crippen LogP contribution >= 0.6 is 0 Å². The number of hydrogen-bond acceptors (Lipinski definition) is 4. The molecule has 0 unspecified atom stereocenters. The van der Waals surface area contributed by atoms with Gasteiger partial charge < -0.3 is 9.84 Å². The van der Waals surface area contributed by atoms with Crippen LogP contribution in [0.4, 0.5) is 0 Å². The van der Waals surface area contributed by atoms with E-state index in [2.05, 4.69) is 6.92 Å². The van der Waals surface area contributed by atoms with Gasteiger partial charge in [0.15, 0.2) is 0 Å². The summed E-state index contributed by atoms with van der Waals surface area (Å²) in [6.07, 6.45) is 5.15. The molecular formula is C18H21NaO5S. The van der Waals surface area contributed by atoms with Crippen LogP contribution in [0.3, 0.4) is 0 Å². The van der Waals surface area contributed by atoms with Crippen LogP contribution in [0.15, 0.2) is 47.4 Å². The zero-order chi connectivity index (χ0) is 17.6. The van der Waals surface area contributed by atoms with Crippen LogP contribution < -0.4 is 39.4 Å². The number of para-hydroxylation sites is 1. The molecule has 0 saturated heterocycles. The van der Waals surface area contributed by atoms with Gasteiger partial charge in [-0.15, -0.1) is 5.75 Å². The Morgan fingerprint density at radius 1 is 1.08 bits per heavy atom. The van der Waals surface area contributed by atoms with Crippen molar-refractivity contribution < 1.29 is 52.4 Å². The minimum Gasteiger partial charge on any atom is -0.872 e. The summed E-state index contributed by atoms with van der Waals surface area (Å²) in [7, 11) is -4.40. The molecule has 0 heterocycles. The minimum absolute atomic E-state index is 0. The number of benzene rings is 2. The van der Waals surface area contributed by atoms with Gasteiger partial charge in [-0.25, -0.2) is 0 Å². The molecule has 2 rings (SSSR count). The van der Waals surface area contributed by atoms with Gasteiger partial charge in [0.2, 0.25) is 0 Å². The number of ether oxygens (including phenoxy) is 1. The molecule has 2 aromatic carbocycles. The van der Waals surface area contributed by atoms with Gasteiger partial charge in [0.25, 0.3) is 10.1 Å². The molecule has 0 aliphatic rings. The van der Waals surface area contributed by atoms with Crippen molar-refractivity contribution in [2.24, 2.45) is 0 Å². The van der Waals surface area contributed by atoms with Crippen molar-refractivity contribution in [3.05, 3.63) is 48.0 Å². The average molecular weight is 372 g/mol. The van der Waals surface area contributed by atoms with Gasteiger partial charge in [-0.3, -0.25) is 4.55 Å². The fraction of sp³-hybridized carbons (Fsp3) is 0.333. The Kier molecular flexibility index (Phi) is 8.96. The van der Waals surface area contributed by atoms with Crippen LogP contribution in [0.2, 0.25) is 0 Å². The average Bonchev–Trinajstić information content (AvgIpc) is 2.50. The SMILES string of the molecule is CCCCCCc1cc([O-])cc(Oc2ccccc2S(=O)(=O)O)c1.[Na+].